The van der Waals surface area contributed by atoms with Crippen LogP contribution in [0, 0.1) is 0 Å². The first-order valence-electron chi connectivity index (χ1n) is 13.9. The van der Waals surface area contributed by atoms with Crippen molar-refractivity contribution in [2.45, 2.75) is 57.7 Å². The third-order valence-corrected chi connectivity index (χ3v) is 8.17. The smallest absolute Gasteiger partial charge is 0.209 e. The summed E-state index contributed by atoms with van der Waals surface area (Å²) >= 11 is 0. The summed E-state index contributed by atoms with van der Waals surface area (Å²) < 4.78 is 13.9. The lowest BCUT2D eigenvalue weighted by Gasteiger charge is -2.27. The maximum absolute atomic E-state index is 5.72. The van der Waals surface area contributed by atoms with E-state index in [1.807, 2.05) is 6.08 Å². The lowest BCUT2D eigenvalue weighted by Crippen LogP contribution is -2.29. The minimum atomic E-state index is -0.106. The van der Waals surface area contributed by atoms with Crippen molar-refractivity contribution in [1.82, 2.24) is 0 Å². The van der Waals surface area contributed by atoms with Gasteiger partial charge in [-0.1, -0.05) is 74.5 Å². The van der Waals surface area contributed by atoms with E-state index in [9.17, 15) is 0 Å². The Labute approximate surface area is 228 Å². The van der Waals surface area contributed by atoms with Crippen molar-refractivity contribution in [3.05, 3.63) is 108 Å². The van der Waals surface area contributed by atoms with Crippen LogP contribution in [0.5, 0.6) is 0 Å². The van der Waals surface area contributed by atoms with Gasteiger partial charge in [0.2, 0.25) is 5.69 Å². The van der Waals surface area contributed by atoms with Crippen molar-refractivity contribution in [2.75, 3.05) is 31.2 Å². The fourth-order valence-corrected chi connectivity index (χ4v) is 6.15. The average molecular weight is 510 g/mol. The van der Waals surface area contributed by atoms with E-state index in [4.69, 9.17) is 9.47 Å². The first kappa shape index (κ1) is 26.4. The van der Waals surface area contributed by atoms with Gasteiger partial charge in [0.1, 0.15) is 0 Å². The van der Waals surface area contributed by atoms with Crippen molar-refractivity contribution >= 4 is 17.1 Å². The third-order valence-electron chi connectivity index (χ3n) is 8.17. The Morgan fingerprint density at radius 1 is 0.921 bits per heavy atom. The minimum absolute atomic E-state index is 0.0448. The summed E-state index contributed by atoms with van der Waals surface area (Å²) in [5, 5.41) is 0. The van der Waals surface area contributed by atoms with Gasteiger partial charge >= 0.3 is 0 Å². The molecule has 0 bridgehead atoms. The number of rotatable bonds is 9. The second-order valence-corrected chi connectivity index (χ2v) is 11.3. The molecule has 0 N–H and O–H groups in total. The van der Waals surface area contributed by atoms with Crippen molar-refractivity contribution in [3.63, 3.8) is 0 Å². The second-order valence-electron chi connectivity index (χ2n) is 11.3. The highest BCUT2D eigenvalue weighted by Gasteiger charge is 2.43. The van der Waals surface area contributed by atoms with E-state index in [1.54, 1.807) is 0 Å². The highest BCUT2D eigenvalue weighted by Crippen LogP contribution is 2.47. The molecule has 2 aromatic rings. The Bertz CT molecular complexity index is 1310. The van der Waals surface area contributed by atoms with Crippen molar-refractivity contribution in [3.8, 4) is 0 Å². The summed E-state index contributed by atoms with van der Waals surface area (Å²) in [6, 6.07) is 17.5. The number of anilines is 1. The standard InChI is InChI=1S/C34H41N2O2/c1-6-7-22-35-28-17-13-11-15-26(28)33(2,3)30(35)19-9-8-10-20-31-34(4,5)27-16-12-14-18-29(27)36(31)23-21-32-37-24-25-38-32/h6,8-20,32H,1,7,21-25H2,2-5H3/q+1. The van der Waals surface area contributed by atoms with Crippen LogP contribution in [0.4, 0.5) is 11.4 Å². The summed E-state index contributed by atoms with van der Waals surface area (Å²) in [4.78, 5) is 2.44. The van der Waals surface area contributed by atoms with Crippen molar-refractivity contribution < 1.29 is 14.0 Å². The lowest BCUT2D eigenvalue weighted by atomic mass is 9.81. The normalized spacial score (nSPS) is 21.3. The molecule has 0 spiro atoms. The fraction of sp³-hybridized carbons (Fsp3) is 0.382. The molecule has 4 heteroatoms. The first-order chi connectivity index (χ1) is 18.4. The van der Waals surface area contributed by atoms with Crippen LogP contribution < -0.4 is 4.90 Å². The largest absolute Gasteiger partial charge is 0.350 e. The SMILES string of the molecule is C=CCC[N+]1=C(C=CC=CC=C2N(CCC3OCCO3)c3ccccc3C2(C)C)C(C)(C)c2ccccc21. The zero-order valence-electron chi connectivity index (χ0n) is 23.3. The molecule has 0 radical (unpaired) electrons. The second kappa shape index (κ2) is 10.9. The predicted octanol–water partition coefficient (Wildman–Crippen LogP) is 7.20. The summed E-state index contributed by atoms with van der Waals surface area (Å²) in [5.41, 5.74) is 7.84. The molecule has 1 saturated heterocycles. The molecule has 2 aromatic carbocycles. The van der Waals surface area contributed by atoms with E-state index in [0.717, 1.165) is 25.9 Å². The number of allylic oxidation sites excluding steroid dienone is 6. The molecule has 3 aliphatic heterocycles. The number of hydrogen-bond acceptors (Lipinski definition) is 3. The molecular weight excluding hydrogens is 468 g/mol. The van der Waals surface area contributed by atoms with Gasteiger partial charge in [-0.2, -0.15) is 4.58 Å². The van der Waals surface area contributed by atoms with E-state index in [1.165, 1.54) is 33.9 Å². The Kier molecular flexibility index (Phi) is 7.56. The first-order valence-corrected chi connectivity index (χ1v) is 13.9. The van der Waals surface area contributed by atoms with Crippen LogP contribution in [0.25, 0.3) is 0 Å². The van der Waals surface area contributed by atoms with Crippen molar-refractivity contribution in [1.29, 1.82) is 0 Å². The molecule has 0 amide bonds. The van der Waals surface area contributed by atoms with Gasteiger partial charge in [0.15, 0.2) is 18.5 Å². The molecule has 0 aliphatic carbocycles. The van der Waals surface area contributed by atoms with Crippen LogP contribution in [-0.4, -0.2) is 42.9 Å². The zero-order chi connectivity index (χ0) is 26.8. The zero-order valence-corrected chi connectivity index (χ0v) is 23.3. The van der Waals surface area contributed by atoms with Gasteiger partial charge < -0.3 is 14.4 Å². The van der Waals surface area contributed by atoms with Crippen LogP contribution in [0.15, 0.2) is 97.3 Å². The Hall–Kier alpha value is -3.21. The molecule has 5 rings (SSSR count). The molecule has 1 fully saturated rings. The molecule has 198 valence electrons. The van der Waals surface area contributed by atoms with E-state index < -0.39 is 0 Å². The van der Waals surface area contributed by atoms with Gasteiger partial charge in [0, 0.05) is 53.9 Å². The minimum Gasteiger partial charge on any atom is -0.350 e. The Morgan fingerprint density at radius 3 is 2.39 bits per heavy atom. The molecule has 38 heavy (non-hydrogen) atoms. The summed E-state index contributed by atoms with van der Waals surface area (Å²) in [5.74, 6) is 0. The van der Waals surface area contributed by atoms with E-state index in [-0.39, 0.29) is 17.1 Å². The summed E-state index contributed by atoms with van der Waals surface area (Å²) in [7, 11) is 0. The van der Waals surface area contributed by atoms with Gasteiger partial charge in [0.05, 0.1) is 18.6 Å². The molecule has 0 unspecified atom stereocenters. The van der Waals surface area contributed by atoms with E-state index in [0.29, 0.717) is 13.2 Å². The summed E-state index contributed by atoms with van der Waals surface area (Å²) in [6.07, 6.45) is 14.8. The van der Waals surface area contributed by atoms with E-state index >= 15 is 0 Å². The van der Waals surface area contributed by atoms with Gasteiger partial charge in [-0.05, 0) is 31.6 Å². The predicted molar refractivity (Wildman–Crippen MR) is 158 cm³/mol. The number of hydrogen-bond donors (Lipinski definition) is 0. The molecule has 0 aromatic heterocycles. The Morgan fingerprint density at radius 2 is 1.63 bits per heavy atom. The van der Waals surface area contributed by atoms with Crippen LogP contribution in [0.2, 0.25) is 0 Å². The monoisotopic (exact) mass is 509 g/mol. The third kappa shape index (κ3) is 4.83. The molecule has 3 aliphatic rings. The molecule has 0 atom stereocenters. The molecule has 4 nitrogen and oxygen atoms in total. The van der Waals surface area contributed by atoms with E-state index in [2.05, 4.69) is 123 Å². The van der Waals surface area contributed by atoms with Crippen LogP contribution in [0.1, 0.15) is 51.7 Å². The summed E-state index contributed by atoms with van der Waals surface area (Å²) in [6.45, 7) is 16.4. The van der Waals surface area contributed by atoms with Gasteiger partial charge in [-0.15, -0.1) is 6.58 Å². The number of ether oxygens (including phenoxy) is 2. The maximum atomic E-state index is 5.72. The number of fused-ring (bicyclic) bond motifs is 2. The van der Waals surface area contributed by atoms with Gasteiger partial charge in [-0.25, -0.2) is 0 Å². The maximum Gasteiger partial charge on any atom is 0.209 e. The number of nitrogens with zero attached hydrogens (tertiary/aromatic N) is 2. The average Bonchev–Trinajstić information content (AvgIpc) is 3.56. The van der Waals surface area contributed by atoms with Gasteiger partial charge in [0.25, 0.3) is 0 Å². The molecule has 3 heterocycles. The van der Waals surface area contributed by atoms with Crippen LogP contribution in [0.3, 0.4) is 0 Å². The van der Waals surface area contributed by atoms with Gasteiger partial charge in [-0.3, -0.25) is 0 Å². The fourth-order valence-electron chi connectivity index (χ4n) is 6.15. The lowest BCUT2D eigenvalue weighted by molar-refractivity contribution is -0.436. The topological polar surface area (TPSA) is 24.7 Å². The number of benzene rings is 2. The Balaban J connectivity index is 1.39. The quantitative estimate of drug-likeness (QED) is 0.203. The highest BCUT2D eigenvalue weighted by molar-refractivity contribution is 6.03. The number of para-hydroxylation sites is 2. The molecular formula is C34H41N2O2+. The van der Waals surface area contributed by atoms with Crippen LogP contribution >= 0.6 is 0 Å². The van der Waals surface area contributed by atoms with Crippen molar-refractivity contribution in [2.24, 2.45) is 0 Å². The van der Waals surface area contributed by atoms with Crippen LogP contribution in [-0.2, 0) is 20.3 Å². The molecule has 0 saturated carbocycles. The highest BCUT2D eigenvalue weighted by atomic mass is 16.7.